The Morgan fingerprint density at radius 1 is 1.23 bits per heavy atom. The Morgan fingerprint density at radius 3 is 2.92 bits per heavy atom. The first kappa shape index (κ1) is 17.9. The third kappa shape index (κ3) is 3.50. The maximum Gasteiger partial charge on any atom is 0.264 e. The van der Waals surface area contributed by atoms with Crippen molar-refractivity contribution in [2.24, 2.45) is 0 Å². The summed E-state index contributed by atoms with van der Waals surface area (Å²) in [4.78, 5) is 29.2. The molecule has 2 aliphatic rings. The summed E-state index contributed by atoms with van der Waals surface area (Å²) in [5.74, 6) is 0.859. The number of thiophene rings is 1. The molecule has 2 amide bonds. The number of hydrogen-bond acceptors (Lipinski definition) is 4. The number of hydrogen-bond donors (Lipinski definition) is 1. The van der Waals surface area contributed by atoms with Gasteiger partial charge in [-0.3, -0.25) is 9.59 Å². The molecule has 1 aromatic carbocycles. The summed E-state index contributed by atoms with van der Waals surface area (Å²) in [6, 6.07) is 9.09. The van der Waals surface area contributed by atoms with E-state index in [0.29, 0.717) is 22.9 Å². The summed E-state index contributed by atoms with van der Waals surface area (Å²) in [6.07, 6.45) is 2.44. The Kier molecular flexibility index (Phi) is 5.25. The Labute approximate surface area is 165 Å². The first-order valence-corrected chi connectivity index (χ1v) is 10.9. The SMILES string of the molecule is O=C(N[C@@H]1CCSc2ccc(Cl)cc21)[C@@H]1CCCN1C(=O)c1cccs1. The average Bonchev–Trinajstić information content (AvgIpc) is 3.33. The lowest BCUT2D eigenvalue weighted by Gasteiger charge is -2.29. The number of carbonyl (C=O) groups is 2. The topological polar surface area (TPSA) is 49.4 Å². The van der Waals surface area contributed by atoms with Gasteiger partial charge < -0.3 is 10.2 Å². The second-order valence-electron chi connectivity index (χ2n) is 6.51. The van der Waals surface area contributed by atoms with Gasteiger partial charge in [0.2, 0.25) is 5.91 Å². The third-order valence-electron chi connectivity index (χ3n) is 4.88. The number of benzene rings is 1. The lowest BCUT2D eigenvalue weighted by atomic mass is 10.0. The van der Waals surface area contributed by atoms with Gasteiger partial charge in [-0.1, -0.05) is 17.7 Å². The minimum Gasteiger partial charge on any atom is -0.347 e. The monoisotopic (exact) mass is 406 g/mol. The lowest BCUT2D eigenvalue weighted by molar-refractivity contribution is -0.125. The first-order valence-electron chi connectivity index (χ1n) is 8.70. The normalized spacial score (nSPS) is 22.1. The van der Waals surface area contributed by atoms with Crippen LogP contribution in [0.4, 0.5) is 0 Å². The maximum atomic E-state index is 13.0. The van der Waals surface area contributed by atoms with Crippen molar-refractivity contribution in [3.05, 3.63) is 51.2 Å². The molecule has 0 aliphatic carbocycles. The van der Waals surface area contributed by atoms with Gasteiger partial charge >= 0.3 is 0 Å². The van der Waals surface area contributed by atoms with Gasteiger partial charge in [-0.05, 0) is 54.5 Å². The van der Waals surface area contributed by atoms with E-state index in [-0.39, 0.29) is 23.9 Å². The number of thioether (sulfide) groups is 1. The van der Waals surface area contributed by atoms with Gasteiger partial charge in [-0.2, -0.15) is 0 Å². The number of fused-ring (bicyclic) bond motifs is 1. The zero-order valence-electron chi connectivity index (χ0n) is 14.1. The maximum absolute atomic E-state index is 13.0. The van der Waals surface area contributed by atoms with Crippen LogP contribution in [0.1, 0.15) is 40.5 Å². The molecule has 2 atom stereocenters. The van der Waals surface area contributed by atoms with E-state index in [1.54, 1.807) is 16.7 Å². The number of nitrogens with one attached hydrogen (secondary N) is 1. The number of likely N-dealkylation sites (tertiary alicyclic amines) is 1. The van der Waals surface area contributed by atoms with Crippen molar-refractivity contribution < 1.29 is 9.59 Å². The van der Waals surface area contributed by atoms with Crippen LogP contribution in [0.2, 0.25) is 5.02 Å². The standard InChI is InChI=1S/C19H19ClN2O2S2/c20-12-5-6-16-13(11-12)14(7-10-26-16)21-18(23)15-3-1-8-22(15)19(24)17-4-2-9-25-17/h2,4-6,9,11,14-15H,1,3,7-8,10H2,(H,21,23)/t14-,15+/m1/s1. The summed E-state index contributed by atoms with van der Waals surface area (Å²) in [5, 5.41) is 5.74. The highest BCUT2D eigenvalue weighted by molar-refractivity contribution is 7.99. The average molecular weight is 407 g/mol. The molecule has 2 aromatic rings. The van der Waals surface area contributed by atoms with Gasteiger partial charge in [0.1, 0.15) is 6.04 Å². The molecule has 0 unspecified atom stereocenters. The van der Waals surface area contributed by atoms with Gasteiger partial charge in [0.25, 0.3) is 5.91 Å². The van der Waals surface area contributed by atoms with Crippen molar-refractivity contribution in [3.63, 3.8) is 0 Å². The predicted molar refractivity (Wildman–Crippen MR) is 106 cm³/mol. The molecule has 0 spiro atoms. The molecule has 1 aromatic heterocycles. The van der Waals surface area contributed by atoms with Crippen LogP contribution in [0.15, 0.2) is 40.6 Å². The number of halogens is 1. The second-order valence-corrected chi connectivity index (χ2v) is 9.04. The minimum absolute atomic E-state index is 0.0414. The molecule has 2 aliphatic heterocycles. The van der Waals surface area contributed by atoms with Crippen LogP contribution >= 0.6 is 34.7 Å². The highest BCUT2D eigenvalue weighted by Crippen LogP contribution is 2.37. The number of rotatable bonds is 3. The molecule has 4 rings (SSSR count). The Bertz CT molecular complexity index is 825. The predicted octanol–water partition coefficient (Wildman–Crippen LogP) is 4.36. The van der Waals surface area contributed by atoms with Gasteiger partial charge in [0.05, 0.1) is 10.9 Å². The molecule has 3 heterocycles. The number of carbonyl (C=O) groups excluding carboxylic acids is 2. The fourth-order valence-electron chi connectivity index (χ4n) is 3.61. The van der Waals surface area contributed by atoms with Crippen molar-refractivity contribution in [2.75, 3.05) is 12.3 Å². The minimum atomic E-state index is -0.387. The zero-order chi connectivity index (χ0) is 18.1. The van der Waals surface area contributed by atoms with Crippen molar-refractivity contribution in [2.45, 2.75) is 36.2 Å². The summed E-state index contributed by atoms with van der Waals surface area (Å²) < 4.78 is 0. The fraction of sp³-hybridized carbons (Fsp3) is 0.368. The molecule has 0 radical (unpaired) electrons. The van der Waals surface area contributed by atoms with Crippen molar-refractivity contribution >= 4 is 46.5 Å². The van der Waals surface area contributed by atoms with E-state index in [9.17, 15) is 9.59 Å². The molecule has 136 valence electrons. The highest BCUT2D eigenvalue weighted by atomic mass is 35.5. The van der Waals surface area contributed by atoms with Crippen molar-refractivity contribution in [1.82, 2.24) is 10.2 Å². The highest BCUT2D eigenvalue weighted by Gasteiger charge is 2.36. The van der Waals surface area contributed by atoms with Crippen LogP contribution in [0.3, 0.4) is 0 Å². The molecule has 26 heavy (non-hydrogen) atoms. The van der Waals surface area contributed by atoms with Crippen LogP contribution in [0.5, 0.6) is 0 Å². The fourth-order valence-corrected chi connectivity index (χ4v) is 5.57. The van der Waals surface area contributed by atoms with Crippen LogP contribution in [-0.4, -0.2) is 35.1 Å². The van der Waals surface area contributed by atoms with Gasteiger partial charge in [0.15, 0.2) is 0 Å². The molecule has 0 saturated carbocycles. The van der Waals surface area contributed by atoms with Crippen LogP contribution in [0.25, 0.3) is 0 Å². The summed E-state index contributed by atoms with van der Waals surface area (Å²) >= 11 is 9.36. The smallest absolute Gasteiger partial charge is 0.264 e. The van der Waals surface area contributed by atoms with Crippen molar-refractivity contribution in [3.8, 4) is 0 Å². The van der Waals surface area contributed by atoms with Crippen molar-refractivity contribution in [1.29, 1.82) is 0 Å². The van der Waals surface area contributed by atoms with E-state index >= 15 is 0 Å². The molecular formula is C19H19ClN2O2S2. The Hall–Kier alpha value is -1.50. The van der Waals surface area contributed by atoms with Crippen LogP contribution in [-0.2, 0) is 4.79 Å². The molecule has 0 bridgehead atoms. The van der Waals surface area contributed by atoms with Crippen LogP contribution in [0, 0.1) is 0 Å². The molecule has 7 heteroatoms. The molecule has 1 N–H and O–H groups in total. The quantitative estimate of drug-likeness (QED) is 0.823. The molecule has 4 nitrogen and oxygen atoms in total. The summed E-state index contributed by atoms with van der Waals surface area (Å²) in [5.41, 5.74) is 1.08. The largest absolute Gasteiger partial charge is 0.347 e. The molecule has 1 fully saturated rings. The summed E-state index contributed by atoms with van der Waals surface area (Å²) in [6.45, 7) is 0.637. The van der Waals surface area contributed by atoms with E-state index in [4.69, 9.17) is 11.6 Å². The summed E-state index contributed by atoms with van der Waals surface area (Å²) in [7, 11) is 0. The van der Waals surface area contributed by atoms with E-state index in [0.717, 1.165) is 24.2 Å². The first-order chi connectivity index (χ1) is 12.6. The molecule has 1 saturated heterocycles. The Morgan fingerprint density at radius 2 is 2.12 bits per heavy atom. The van der Waals surface area contributed by atoms with Gasteiger partial charge in [-0.25, -0.2) is 0 Å². The van der Waals surface area contributed by atoms with E-state index < -0.39 is 0 Å². The molecular weight excluding hydrogens is 388 g/mol. The third-order valence-corrected chi connectivity index (χ3v) is 7.09. The van der Waals surface area contributed by atoms with Gasteiger partial charge in [-0.15, -0.1) is 23.1 Å². The Balaban J connectivity index is 1.50. The van der Waals surface area contributed by atoms with E-state index in [2.05, 4.69) is 5.32 Å². The van der Waals surface area contributed by atoms with E-state index in [1.807, 2.05) is 35.7 Å². The number of nitrogens with zero attached hydrogens (tertiary/aromatic N) is 1. The lowest BCUT2D eigenvalue weighted by Crippen LogP contribution is -2.47. The zero-order valence-corrected chi connectivity index (χ0v) is 16.5. The second kappa shape index (κ2) is 7.62. The van der Waals surface area contributed by atoms with Gasteiger partial charge in [0, 0.05) is 22.2 Å². The number of amides is 2. The van der Waals surface area contributed by atoms with Crippen LogP contribution < -0.4 is 5.32 Å². The van der Waals surface area contributed by atoms with E-state index in [1.165, 1.54) is 16.2 Å².